The lowest BCUT2D eigenvalue weighted by atomic mass is 9.96. The Hall–Kier alpha value is -1.70. The van der Waals surface area contributed by atoms with Gasteiger partial charge in [-0.3, -0.25) is 9.59 Å². The summed E-state index contributed by atoms with van der Waals surface area (Å²) < 4.78 is 40.6. The van der Waals surface area contributed by atoms with Crippen LogP contribution in [0.3, 0.4) is 0 Å². The number of nitrogens with one attached hydrogen (secondary N) is 1. The maximum Gasteiger partial charge on any atom is 0.418 e. The highest BCUT2D eigenvalue weighted by Crippen LogP contribution is 2.38. The average Bonchev–Trinajstić information content (AvgIpc) is 2.67. The molecule has 2 rings (SSSR count). The largest absolute Gasteiger partial charge is 0.418 e. The molecule has 2 atom stereocenters. The van der Waals surface area contributed by atoms with Crippen molar-refractivity contribution in [1.29, 1.82) is 0 Å². The number of amides is 2. The van der Waals surface area contributed by atoms with E-state index in [1.807, 2.05) is 13.8 Å². The number of carbonyl (C=O) groups is 2. The number of alkyl halides is 3. The Morgan fingerprint density at radius 1 is 1.32 bits per heavy atom. The minimum absolute atomic E-state index is 0.0418. The van der Waals surface area contributed by atoms with Crippen molar-refractivity contribution < 1.29 is 22.8 Å². The van der Waals surface area contributed by atoms with Crippen molar-refractivity contribution in [1.82, 2.24) is 4.90 Å². The Morgan fingerprint density at radius 3 is 2.64 bits per heavy atom. The average molecular weight is 417 g/mol. The monoisotopic (exact) mass is 416 g/mol. The first kappa shape index (κ1) is 22.6. The summed E-state index contributed by atoms with van der Waals surface area (Å²) in [6.07, 6.45) is -2.14. The number of hydrogen-bond acceptors (Lipinski definition) is 3. The van der Waals surface area contributed by atoms with Crippen molar-refractivity contribution in [3.8, 4) is 0 Å². The van der Waals surface area contributed by atoms with Gasteiger partial charge in [0.15, 0.2) is 0 Å². The summed E-state index contributed by atoms with van der Waals surface area (Å²) in [6, 6.07) is 4.03. The number of thioether (sulfide) groups is 1. The van der Waals surface area contributed by atoms with Crippen molar-refractivity contribution in [2.45, 2.75) is 62.8 Å². The van der Waals surface area contributed by atoms with Crippen molar-refractivity contribution in [2.24, 2.45) is 5.92 Å². The lowest BCUT2D eigenvalue weighted by Gasteiger charge is -2.32. The van der Waals surface area contributed by atoms with Crippen LogP contribution in [-0.4, -0.2) is 35.1 Å². The topological polar surface area (TPSA) is 49.4 Å². The van der Waals surface area contributed by atoms with Crippen LogP contribution >= 0.6 is 11.8 Å². The molecule has 1 heterocycles. The van der Waals surface area contributed by atoms with E-state index in [1.165, 1.54) is 17.8 Å². The van der Waals surface area contributed by atoms with E-state index in [0.717, 1.165) is 12.5 Å². The Bertz CT molecular complexity index is 709. The first-order chi connectivity index (χ1) is 13.2. The maximum atomic E-state index is 13.5. The van der Waals surface area contributed by atoms with Crippen LogP contribution in [0.4, 0.5) is 18.9 Å². The van der Waals surface area contributed by atoms with Gasteiger partial charge in [-0.05, 0) is 37.5 Å². The number of hydrogen-bond donors (Lipinski definition) is 1. The lowest BCUT2D eigenvalue weighted by molar-refractivity contribution is -0.137. The Labute approximate surface area is 168 Å². The van der Waals surface area contributed by atoms with E-state index in [0.29, 0.717) is 30.7 Å². The van der Waals surface area contributed by atoms with Gasteiger partial charge in [-0.25, -0.2) is 0 Å². The molecular weight excluding hydrogens is 389 g/mol. The quantitative estimate of drug-likeness (QED) is 0.650. The SMILES string of the molecule is CCC(=O)N1CCCC(C(=O)Nc2ccc(SC(C)CC)cc2C(F)(F)F)C1. The number of halogens is 3. The van der Waals surface area contributed by atoms with Crippen LogP contribution in [0.2, 0.25) is 0 Å². The maximum absolute atomic E-state index is 13.5. The van der Waals surface area contributed by atoms with Crippen LogP contribution in [0.25, 0.3) is 0 Å². The van der Waals surface area contributed by atoms with E-state index in [-0.39, 0.29) is 23.4 Å². The summed E-state index contributed by atoms with van der Waals surface area (Å²) in [5, 5.41) is 2.65. The molecule has 4 nitrogen and oxygen atoms in total. The number of piperidine rings is 1. The summed E-state index contributed by atoms with van der Waals surface area (Å²) in [6.45, 7) is 6.53. The molecule has 0 aromatic heterocycles. The molecule has 28 heavy (non-hydrogen) atoms. The third-order valence-corrected chi connectivity index (χ3v) is 6.18. The van der Waals surface area contributed by atoms with Crippen LogP contribution in [-0.2, 0) is 15.8 Å². The van der Waals surface area contributed by atoms with Crippen LogP contribution in [0, 0.1) is 5.92 Å². The highest BCUT2D eigenvalue weighted by molar-refractivity contribution is 7.99. The van der Waals surface area contributed by atoms with Crippen LogP contribution < -0.4 is 5.32 Å². The molecule has 1 aliphatic heterocycles. The molecule has 156 valence electrons. The fourth-order valence-corrected chi connectivity index (χ4v) is 4.10. The first-order valence-electron chi connectivity index (χ1n) is 9.62. The zero-order valence-electron chi connectivity index (χ0n) is 16.4. The van der Waals surface area contributed by atoms with E-state index in [2.05, 4.69) is 5.32 Å². The summed E-state index contributed by atoms with van der Waals surface area (Å²) >= 11 is 1.38. The molecule has 1 N–H and O–H groups in total. The number of likely N-dealkylation sites (tertiary alicyclic amines) is 1. The van der Waals surface area contributed by atoms with E-state index in [1.54, 1.807) is 17.9 Å². The molecular formula is C20H27F3N2O2S. The third-order valence-electron chi connectivity index (χ3n) is 4.91. The fourth-order valence-electron chi connectivity index (χ4n) is 3.13. The Morgan fingerprint density at radius 2 is 2.04 bits per heavy atom. The van der Waals surface area contributed by atoms with E-state index < -0.39 is 23.6 Å². The second-order valence-electron chi connectivity index (χ2n) is 7.06. The van der Waals surface area contributed by atoms with Crippen molar-refractivity contribution in [2.75, 3.05) is 18.4 Å². The minimum Gasteiger partial charge on any atom is -0.342 e. The zero-order valence-corrected chi connectivity index (χ0v) is 17.3. The zero-order chi connectivity index (χ0) is 20.9. The van der Waals surface area contributed by atoms with Crippen molar-refractivity contribution in [3.05, 3.63) is 23.8 Å². The second-order valence-corrected chi connectivity index (χ2v) is 8.58. The van der Waals surface area contributed by atoms with E-state index in [9.17, 15) is 22.8 Å². The lowest BCUT2D eigenvalue weighted by Crippen LogP contribution is -2.43. The molecule has 0 bridgehead atoms. The summed E-state index contributed by atoms with van der Waals surface area (Å²) in [4.78, 5) is 26.6. The summed E-state index contributed by atoms with van der Waals surface area (Å²) in [7, 11) is 0. The Balaban J connectivity index is 2.17. The van der Waals surface area contributed by atoms with Gasteiger partial charge in [-0.2, -0.15) is 13.2 Å². The van der Waals surface area contributed by atoms with Gasteiger partial charge < -0.3 is 10.2 Å². The molecule has 0 saturated carbocycles. The molecule has 1 fully saturated rings. The molecule has 0 radical (unpaired) electrons. The van der Waals surface area contributed by atoms with Gasteiger partial charge in [-0.1, -0.05) is 20.8 Å². The van der Waals surface area contributed by atoms with Gasteiger partial charge in [0.1, 0.15) is 0 Å². The summed E-state index contributed by atoms with van der Waals surface area (Å²) in [5.41, 5.74) is -1.07. The normalized spacial score (nSPS) is 18.6. The Kier molecular flexibility index (Phi) is 7.80. The smallest absolute Gasteiger partial charge is 0.342 e. The van der Waals surface area contributed by atoms with Crippen molar-refractivity contribution in [3.63, 3.8) is 0 Å². The van der Waals surface area contributed by atoms with E-state index >= 15 is 0 Å². The highest BCUT2D eigenvalue weighted by atomic mass is 32.2. The molecule has 8 heteroatoms. The molecule has 1 aromatic rings. The standard InChI is InChI=1S/C20H27F3N2O2S/c1-4-13(3)28-15-8-9-17(16(11-15)20(21,22)23)24-19(27)14-7-6-10-25(12-14)18(26)5-2/h8-9,11,13-14H,4-7,10,12H2,1-3H3,(H,24,27). The number of rotatable bonds is 6. The number of nitrogens with zero attached hydrogens (tertiary/aromatic N) is 1. The molecule has 0 spiro atoms. The third kappa shape index (κ3) is 5.90. The molecule has 2 amide bonds. The first-order valence-corrected chi connectivity index (χ1v) is 10.5. The van der Waals surface area contributed by atoms with Gasteiger partial charge in [0, 0.05) is 29.7 Å². The molecule has 1 aliphatic rings. The number of benzene rings is 1. The van der Waals surface area contributed by atoms with Crippen LogP contribution in [0.15, 0.2) is 23.1 Å². The highest BCUT2D eigenvalue weighted by Gasteiger charge is 2.35. The number of carbonyl (C=O) groups excluding carboxylic acids is 2. The van der Waals surface area contributed by atoms with Gasteiger partial charge in [0.25, 0.3) is 0 Å². The van der Waals surface area contributed by atoms with E-state index in [4.69, 9.17) is 0 Å². The fraction of sp³-hybridized carbons (Fsp3) is 0.600. The van der Waals surface area contributed by atoms with Gasteiger partial charge >= 0.3 is 6.18 Å². The predicted molar refractivity (Wildman–Crippen MR) is 105 cm³/mol. The van der Waals surface area contributed by atoms with Crippen LogP contribution in [0.5, 0.6) is 0 Å². The van der Waals surface area contributed by atoms with Gasteiger partial charge in [0.05, 0.1) is 17.2 Å². The number of anilines is 1. The molecule has 1 aromatic carbocycles. The molecule has 2 unspecified atom stereocenters. The van der Waals surface area contributed by atoms with Gasteiger partial charge in [-0.15, -0.1) is 11.8 Å². The van der Waals surface area contributed by atoms with Crippen molar-refractivity contribution >= 4 is 29.3 Å². The van der Waals surface area contributed by atoms with Crippen LogP contribution in [0.1, 0.15) is 52.0 Å². The minimum atomic E-state index is -4.56. The molecule has 0 aliphatic carbocycles. The predicted octanol–water partition coefficient (Wildman–Crippen LogP) is 5.18. The second kappa shape index (κ2) is 9.67. The summed E-state index contributed by atoms with van der Waals surface area (Å²) in [5.74, 6) is -1.01. The molecule has 1 saturated heterocycles. The van der Waals surface area contributed by atoms with Gasteiger partial charge in [0.2, 0.25) is 11.8 Å².